The van der Waals surface area contributed by atoms with Crippen LogP contribution < -0.4 is 4.90 Å². The van der Waals surface area contributed by atoms with E-state index in [1.165, 1.54) is 24.0 Å². The van der Waals surface area contributed by atoms with Crippen LogP contribution in [-0.2, 0) is 34.1 Å². The average molecular weight is 492 g/mol. The smallest absolute Gasteiger partial charge is 0.416 e. The first-order valence-corrected chi connectivity index (χ1v) is 11.0. The third kappa shape index (κ3) is 3.43. The van der Waals surface area contributed by atoms with Crippen molar-refractivity contribution in [2.45, 2.75) is 44.4 Å². The number of benzene rings is 1. The van der Waals surface area contributed by atoms with Crippen molar-refractivity contribution in [3.05, 3.63) is 53.8 Å². The van der Waals surface area contributed by atoms with E-state index in [0.717, 1.165) is 30.2 Å². The summed E-state index contributed by atoms with van der Waals surface area (Å²) in [6, 6.07) is 3.17. The van der Waals surface area contributed by atoms with Crippen molar-refractivity contribution in [1.29, 1.82) is 0 Å². The highest BCUT2D eigenvalue weighted by molar-refractivity contribution is 6.24. The zero-order chi connectivity index (χ0) is 25.7. The molecule has 3 heterocycles. The van der Waals surface area contributed by atoms with Gasteiger partial charge in [0.15, 0.2) is 0 Å². The molecule has 3 aliphatic heterocycles. The number of ether oxygens (including phenoxy) is 2. The number of hydrogen-bond acceptors (Lipinski definition) is 7. The van der Waals surface area contributed by atoms with E-state index in [-0.39, 0.29) is 24.5 Å². The fourth-order valence-electron chi connectivity index (χ4n) is 5.36. The fraction of sp³-hybridized carbons (Fsp3) is 0.417. The number of nitrogens with zero attached hydrogens (tertiary/aromatic N) is 2. The summed E-state index contributed by atoms with van der Waals surface area (Å²) in [5, 5.41) is 0. The minimum Gasteiger partial charge on any atom is -0.466 e. The van der Waals surface area contributed by atoms with Crippen LogP contribution in [0.15, 0.2) is 48.2 Å². The molecule has 1 fully saturated rings. The maximum absolute atomic E-state index is 14.1. The molecule has 3 aliphatic rings. The van der Waals surface area contributed by atoms with E-state index in [2.05, 4.69) is 0 Å². The van der Waals surface area contributed by atoms with Gasteiger partial charge in [-0.15, -0.1) is 0 Å². The van der Waals surface area contributed by atoms with E-state index in [1.807, 2.05) is 0 Å². The average Bonchev–Trinajstić information content (AvgIpc) is 3.24. The molecule has 4 atom stereocenters. The number of carbonyl (C=O) groups is 4. The standard InChI is InChI=1S/C24H23F3N2O6/c1-4-34-20(31)18-19(21(32)35-5-2)28-11-10-14(24(25,26)27)12-17(28)23(18)15-8-6-7-9-16(15)29(13(3)30)22(23)33/h6-12,17-19H,4-5H2,1-3H3/t17?,18-,19-,23-/m1/s1. The molecule has 1 spiro atoms. The van der Waals surface area contributed by atoms with Crippen LogP contribution in [0.3, 0.4) is 0 Å². The largest absolute Gasteiger partial charge is 0.466 e. The molecule has 4 rings (SSSR count). The second-order valence-electron chi connectivity index (χ2n) is 8.30. The summed E-state index contributed by atoms with van der Waals surface area (Å²) in [4.78, 5) is 55.2. The van der Waals surface area contributed by atoms with Gasteiger partial charge in [0, 0.05) is 13.1 Å². The second kappa shape index (κ2) is 8.54. The van der Waals surface area contributed by atoms with Gasteiger partial charge in [-0.05, 0) is 37.6 Å². The number of carbonyl (C=O) groups excluding carboxylic acids is 4. The minimum atomic E-state index is -4.76. The maximum atomic E-state index is 14.1. The van der Waals surface area contributed by atoms with E-state index in [1.54, 1.807) is 19.1 Å². The molecule has 11 heteroatoms. The van der Waals surface area contributed by atoms with Crippen LogP contribution in [0.1, 0.15) is 26.3 Å². The second-order valence-corrected chi connectivity index (χ2v) is 8.30. The third-order valence-electron chi connectivity index (χ3n) is 6.54. The summed E-state index contributed by atoms with van der Waals surface area (Å²) in [7, 11) is 0. The molecule has 1 unspecified atom stereocenters. The Labute approximate surface area is 198 Å². The molecular weight excluding hydrogens is 469 g/mol. The molecule has 186 valence electrons. The predicted molar refractivity (Wildman–Crippen MR) is 116 cm³/mol. The van der Waals surface area contributed by atoms with Crippen molar-refractivity contribution in [2.75, 3.05) is 18.1 Å². The fourth-order valence-corrected chi connectivity index (χ4v) is 5.36. The number of halogens is 3. The number of anilines is 1. The number of hydrogen-bond donors (Lipinski definition) is 0. The summed E-state index contributed by atoms with van der Waals surface area (Å²) in [5.74, 6) is -5.02. The molecule has 0 aromatic heterocycles. The normalized spacial score (nSPS) is 27.0. The number of amides is 2. The van der Waals surface area contributed by atoms with Gasteiger partial charge < -0.3 is 14.4 Å². The minimum absolute atomic E-state index is 0.0617. The zero-order valence-corrected chi connectivity index (χ0v) is 19.2. The Kier molecular flexibility index (Phi) is 5.98. The SMILES string of the molecule is CCOC(=O)[C@H]1[C@H](C(=O)OCC)[C@]2(C(=O)N(C(C)=O)c3ccccc32)C2C=C(C(F)(F)F)C=CN21. The van der Waals surface area contributed by atoms with Crippen LogP contribution in [0.5, 0.6) is 0 Å². The summed E-state index contributed by atoms with van der Waals surface area (Å²) < 4.78 is 51.7. The van der Waals surface area contributed by atoms with Crippen molar-refractivity contribution in [3.8, 4) is 0 Å². The molecule has 0 radical (unpaired) electrons. The Balaban J connectivity index is 2.07. The van der Waals surface area contributed by atoms with Gasteiger partial charge in [0.25, 0.3) is 0 Å². The number of alkyl halides is 3. The highest BCUT2D eigenvalue weighted by atomic mass is 19.4. The van der Waals surface area contributed by atoms with Crippen molar-refractivity contribution in [3.63, 3.8) is 0 Å². The van der Waals surface area contributed by atoms with Crippen LogP contribution in [0, 0.1) is 5.92 Å². The van der Waals surface area contributed by atoms with Gasteiger partial charge in [-0.1, -0.05) is 18.2 Å². The Morgan fingerprint density at radius 1 is 1.06 bits per heavy atom. The van der Waals surface area contributed by atoms with Crippen LogP contribution in [-0.4, -0.2) is 60.1 Å². The quantitative estimate of drug-likeness (QED) is 0.597. The number of esters is 2. The Bertz CT molecular complexity index is 1160. The van der Waals surface area contributed by atoms with Gasteiger partial charge in [-0.2, -0.15) is 13.2 Å². The first-order chi connectivity index (χ1) is 16.5. The molecule has 0 bridgehead atoms. The lowest BCUT2D eigenvalue weighted by atomic mass is 9.66. The van der Waals surface area contributed by atoms with E-state index < -0.39 is 58.9 Å². The van der Waals surface area contributed by atoms with Gasteiger partial charge in [0.2, 0.25) is 11.8 Å². The maximum Gasteiger partial charge on any atom is 0.416 e. The van der Waals surface area contributed by atoms with Gasteiger partial charge in [0.1, 0.15) is 17.4 Å². The van der Waals surface area contributed by atoms with Gasteiger partial charge in [0.05, 0.1) is 30.5 Å². The Morgan fingerprint density at radius 3 is 2.29 bits per heavy atom. The first kappa shape index (κ1) is 24.5. The Hall–Kier alpha value is -3.63. The molecule has 35 heavy (non-hydrogen) atoms. The van der Waals surface area contributed by atoms with Crippen molar-refractivity contribution >= 4 is 29.4 Å². The number of para-hydroxylation sites is 1. The summed E-state index contributed by atoms with van der Waals surface area (Å²) >= 11 is 0. The predicted octanol–water partition coefficient (Wildman–Crippen LogP) is 2.63. The number of rotatable bonds is 4. The number of fused-ring (bicyclic) bond motifs is 4. The van der Waals surface area contributed by atoms with Gasteiger partial charge in [-0.25, -0.2) is 9.69 Å². The lowest BCUT2D eigenvalue weighted by Gasteiger charge is -2.35. The van der Waals surface area contributed by atoms with E-state index >= 15 is 0 Å². The van der Waals surface area contributed by atoms with Crippen LogP contribution in [0.2, 0.25) is 0 Å². The summed E-state index contributed by atoms with van der Waals surface area (Å²) in [5.41, 5.74) is -2.79. The van der Waals surface area contributed by atoms with E-state index in [0.29, 0.717) is 0 Å². The molecular formula is C24H23F3N2O6. The summed E-state index contributed by atoms with van der Waals surface area (Å²) in [6.07, 6.45) is -2.11. The highest BCUT2D eigenvalue weighted by Crippen LogP contribution is 2.58. The highest BCUT2D eigenvalue weighted by Gasteiger charge is 2.73. The topological polar surface area (TPSA) is 93.2 Å². The molecule has 1 aromatic rings. The number of imide groups is 1. The van der Waals surface area contributed by atoms with Crippen LogP contribution in [0.25, 0.3) is 0 Å². The van der Waals surface area contributed by atoms with Crippen molar-refractivity contribution in [1.82, 2.24) is 4.90 Å². The first-order valence-electron chi connectivity index (χ1n) is 11.0. The van der Waals surface area contributed by atoms with Crippen molar-refractivity contribution in [2.24, 2.45) is 5.92 Å². The molecule has 0 saturated carbocycles. The monoisotopic (exact) mass is 492 g/mol. The zero-order valence-electron chi connectivity index (χ0n) is 19.2. The molecule has 1 saturated heterocycles. The van der Waals surface area contributed by atoms with Gasteiger partial charge in [-0.3, -0.25) is 14.4 Å². The lowest BCUT2D eigenvalue weighted by molar-refractivity contribution is -0.160. The van der Waals surface area contributed by atoms with Crippen molar-refractivity contribution < 1.29 is 41.8 Å². The van der Waals surface area contributed by atoms with Gasteiger partial charge >= 0.3 is 18.1 Å². The van der Waals surface area contributed by atoms with E-state index in [4.69, 9.17) is 9.47 Å². The number of allylic oxidation sites excluding steroid dienone is 2. The lowest BCUT2D eigenvalue weighted by Crippen LogP contribution is -2.54. The molecule has 0 aliphatic carbocycles. The third-order valence-corrected chi connectivity index (χ3v) is 6.54. The molecule has 0 N–H and O–H groups in total. The van der Waals surface area contributed by atoms with Crippen LogP contribution >= 0.6 is 0 Å². The Morgan fingerprint density at radius 2 is 1.69 bits per heavy atom. The van der Waals surface area contributed by atoms with E-state index in [9.17, 15) is 32.3 Å². The van der Waals surface area contributed by atoms with Crippen LogP contribution in [0.4, 0.5) is 18.9 Å². The molecule has 2 amide bonds. The summed E-state index contributed by atoms with van der Waals surface area (Å²) in [6.45, 7) is 4.05. The molecule has 8 nitrogen and oxygen atoms in total. The molecule has 1 aromatic carbocycles.